The fraction of sp³-hybridized carbons (Fsp3) is 0.286. The van der Waals surface area contributed by atoms with E-state index in [0.29, 0.717) is 12.0 Å². The molecule has 0 N–H and O–H groups in total. The van der Waals surface area contributed by atoms with E-state index in [4.69, 9.17) is 37.3 Å². The first-order chi connectivity index (χ1) is 10.2. The minimum atomic E-state index is -1.74. The second-order valence-electron chi connectivity index (χ2n) is 5.14. The van der Waals surface area contributed by atoms with Crippen LogP contribution in [0, 0.1) is 11.3 Å². The van der Waals surface area contributed by atoms with Gasteiger partial charge in [0.05, 0.1) is 0 Å². The summed E-state index contributed by atoms with van der Waals surface area (Å²) in [5, 5.41) is 9.42. The summed E-state index contributed by atoms with van der Waals surface area (Å²) < 4.78 is 15.4. The van der Waals surface area contributed by atoms with Crippen molar-refractivity contribution in [2.45, 2.75) is 25.7 Å². The number of carbonyl (C=O) groups excluding carboxylic acids is 1. The zero-order chi connectivity index (χ0) is 16.8. The van der Waals surface area contributed by atoms with Crippen LogP contribution >= 0.6 is 23.2 Å². The van der Waals surface area contributed by atoms with Crippen LogP contribution in [0.1, 0.15) is 22.4 Å². The molecule has 0 aliphatic carbocycles. The Morgan fingerprint density at radius 3 is 2.09 bits per heavy atom. The van der Waals surface area contributed by atoms with Gasteiger partial charge in [-0.1, -0.05) is 0 Å². The summed E-state index contributed by atoms with van der Waals surface area (Å²) in [5.74, 6) is 0.731. The van der Waals surface area contributed by atoms with Gasteiger partial charge < -0.3 is 13.3 Å². The molecule has 0 aliphatic heterocycles. The molecule has 0 bridgehead atoms. The zero-order valence-electron chi connectivity index (χ0n) is 12.3. The maximum absolute atomic E-state index is 9.87. The fourth-order valence-corrected chi connectivity index (χ4v) is 2.54. The number of furan rings is 2. The number of carbonyl (C=O) groups is 1. The lowest BCUT2D eigenvalue weighted by Crippen LogP contribution is -2.27. The molecule has 0 saturated carbocycles. The van der Waals surface area contributed by atoms with Crippen molar-refractivity contribution in [2.24, 2.45) is 0 Å². The maximum Gasteiger partial charge on any atom is 0.194 e. The van der Waals surface area contributed by atoms with Crippen LogP contribution < -0.4 is 0 Å². The van der Waals surface area contributed by atoms with Crippen molar-refractivity contribution in [3.63, 3.8) is 0 Å². The van der Waals surface area contributed by atoms with Gasteiger partial charge in [0.1, 0.15) is 11.8 Å². The van der Waals surface area contributed by atoms with E-state index in [-0.39, 0.29) is 16.2 Å². The van der Waals surface area contributed by atoms with Crippen molar-refractivity contribution in [3.8, 4) is 6.07 Å². The molecule has 1 atom stereocenters. The van der Waals surface area contributed by atoms with Crippen LogP contribution in [-0.4, -0.2) is 14.6 Å². The number of hydrogen-bond acceptors (Lipinski definition) is 5. The maximum atomic E-state index is 9.87. The third-order valence-electron chi connectivity index (χ3n) is 2.15. The Balaban J connectivity index is 0.000000255. The average molecular weight is 360 g/mol. The van der Waals surface area contributed by atoms with Crippen LogP contribution in [0.25, 0.3) is 0 Å². The molecule has 2 aromatic heterocycles. The first-order valence-electron chi connectivity index (χ1n) is 6.28. The van der Waals surface area contributed by atoms with Crippen molar-refractivity contribution in [3.05, 3.63) is 46.2 Å². The van der Waals surface area contributed by atoms with Gasteiger partial charge in [-0.15, -0.1) is 0 Å². The standard InChI is InChI=1S/C9H12ClNO2Si.C5H3ClO2/c1-14(2,3)13-8(6-11)7-4-5-9(10)12-7;6-5-2-1-4(3-7)8-5/h4-5,8H,1-3H3;1-3H. The molecule has 8 heteroatoms. The van der Waals surface area contributed by atoms with Crippen LogP contribution in [0.4, 0.5) is 0 Å². The second kappa shape index (κ2) is 8.20. The molecule has 0 aromatic carbocycles. The Hall–Kier alpha value is -1.52. The highest BCUT2D eigenvalue weighted by Gasteiger charge is 2.24. The van der Waals surface area contributed by atoms with E-state index in [1.165, 1.54) is 12.1 Å². The number of nitrogens with zero attached hydrogens (tertiary/aromatic N) is 1. The minimum Gasteiger partial charge on any atom is -0.446 e. The van der Waals surface area contributed by atoms with Crippen LogP contribution in [0.5, 0.6) is 0 Å². The van der Waals surface area contributed by atoms with Gasteiger partial charge in [-0.25, -0.2) is 0 Å². The van der Waals surface area contributed by atoms with Crippen LogP contribution in [0.3, 0.4) is 0 Å². The molecule has 2 aromatic rings. The Bertz CT molecular complexity index is 654. The molecule has 0 fully saturated rings. The normalized spacial score (nSPS) is 12.0. The highest BCUT2D eigenvalue weighted by molar-refractivity contribution is 6.69. The minimum absolute atomic E-state index is 0.243. The number of nitriles is 1. The number of aldehydes is 1. The van der Waals surface area contributed by atoms with Crippen molar-refractivity contribution >= 4 is 37.8 Å². The molecule has 0 amide bonds. The van der Waals surface area contributed by atoms with Crippen molar-refractivity contribution in [2.75, 3.05) is 0 Å². The molecule has 22 heavy (non-hydrogen) atoms. The summed E-state index contributed by atoms with van der Waals surface area (Å²) in [6, 6.07) is 8.35. The van der Waals surface area contributed by atoms with E-state index in [2.05, 4.69) is 4.42 Å². The fourth-order valence-electron chi connectivity index (χ4n) is 1.36. The molecule has 5 nitrogen and oxygen atoms in total. The first-order valence-corrected chi connectivity index (χ1v) is 10.4. The van der Waals surface area contributed by atoms with Gasteiger partial charge >= 0.3 is 0 Å². The van der Waals surface area contributed by atoms with Crippen molar-refractivity contribution in [1.29, 1.82) is 5.26 Å². The summed E-state index contributed by atoms with van der Waals surface area (Å²) in [6.07, 6.45) is -0.0412. The molecule has 0 radical (unpaired) electrons. The number of rotatable bonds is 4. The van der Waals surface area contributed by atoms with Gasteiger partial charge in [-0.2, -0.15) is 5.26 Å². The Kier molecular flexibility index (Phi) is 6.90. The molecule has 118 valence electrons. The SMILES string of the molecule is C[Si](C)(C)OC(C#N)c1ccc(Cl)o1.O=Cc1ccc(Cl)o1. The van der Waals surface area contributed by atoms with E-state index in [1.807, 2.05) is 25.7 Å². The lowest BCUT2D eigenvalue weighted by atomic mass is 10.3. The highest BCUT2D eigenvalue weighted by Crippen LogP contribution is 2.25. The summed E-state index contributed by atoms with van der Waals surface area (Å²) >= 11 is 10.9. The molecule has 0 saturated heterocycles. The summed E-state index contributed by atoms with van der Waals surface area (Å²) in [5.41, 5.74) is 0. The van der Waals surface area contributed by atoms with Crippen molar-refractivity contribution < 1.29 is 18.1 Å². The second-order valence-corrected chi connectivity index (χ2v) is 10.3. The third-order valence-corrected chi connectivity index (χ3v) is 3.50. The zero-order valence-corrected chi connectivity index (χ0v) is 14.8. The van der Waals surface area contributed by atoms with Crippen molar-refractivity contribution in [1.82, 2.24) is 0 Å². The molecule has 0 aliphatic rings. The molecular formula is C14H15Cl2NO4Si. The molecule has 1 unspecified atom stereocenters. The predicted molar refractivity (Wildman–Crippen MR) is 85.6 cm³/mol. The lowest BCUT2D eigenvalue weighted by molar-refractivity contribution is 0.110. The van der Waals surface area contributed by atoms with E-state index >= 15 is 0 Å². The number of halogens is 2. The van der Waals surface area contributed by atoms with Gasteiger partial charge in [0.15, 0.2) is 36.9 Å². The topological polar surface area (TPSA) is 76.4 Å². The predicted octanol–water partition coefficient (Wildman–Crippen LogP) is 5.09. The van der Waals surface area contributed by atoms with Crippen LogP contribution in [0.15, 0.2) is 33.1 Å². The average Bonchev–Trinajstić information content (AvgIpc) is 3.04. The van der Waals surface area contributed by atoms with E-state index in [0.717, 1.165) is 0 Å². The molecule has 0 spiro atoms. The largest absolute Gasteiger partial charge is 0.446 e. The van der Waals surface area contributed by atoms with Gasteiger partial charge in [0.2, 0.25) is 0 Å². The van der Waals surface area contributed by atoms with E-state index < -0.39 is 14.4 Å². The summed E-state index contributed by atoms with van der Waals surface area (Å²) in [6.45, 7) is 6.05. The highest BCUT2D eigenvalue weighted by atomic mass is 35.5. The molecule has 2 heterocycles. The van der Waals surface area contributed by atoms with Crippen LogP contribution in [-0.2, 0) is 4.43 Å². The Labute approximate surface area is 139 Å². The van der Waals surface area contributed by atoms with Gasteiger partial charge in [-0.05, 0) is 67.1 Å². The lowest BCUT2D eigenvalue weighted by Gasteiger charge is -2.19. The molecule has 2 rings (SSSR count). The third kappa shape index (κ3) is 6.50. The number of hydrogen-bond donors (Lipinski definition) is 0. The Morgan fingerprint density at radius 2 is 1.77 bits per heavy atom. The quantitative estimate of drug-likeness (QED) is 0.560. The summed E-state index contributed by atoms with van der Waals surface area (Å²) in [4.78, 5) is 9.87. The van der Waals surface area contributed by atoms with Crippen LogP contribution in [0.2, 0.25) is 30.1 Å². The smallest absolute Gasteiger partial charge is 0.194 e. The first kappa shape index (κ1) is 18.5. The monoisotopic (exact) mass is 359 g/mol. The Morgan fingerprint density at radius 1 is 1.18 bits per heavy atom. The summed E-state index contributed by atoms with van der Waals surface area (Å²) in [7, 11) is -1.74. The van der Waals surface area contributed by atoms with E-state index in [1.54, 1.807) is 12.1 Å². The van der Waals surface area contributed by atoms with E-state index in [9.17, 15) is 4.79 Å². The van der Waals surface area contributed by atoms with Gasteiger partial charge in [0, 0.05) is 0 Å². The van der Waals surface area contributed by atoms with Gasteiger partial charge in [-0.3, -0.25) is 4.79 Å². The molecular weight excluding hydrogens is 345 g/mol. The van der Waals surface area contributed by atoms with Gasteiger partial charge in [0.25, 0.3) is 0 Å².